The van der Waals surface area contributed by atoms with Crippen LogP contribution in [0.1, 0.15) is 46.5 Å². The summed E-state index contributed by atoms with van der Waals surface area (Å²) in [6.07, 6.45) is 14.9. The number of hydrogen-bond acceptors (Lipinski definition) is 4. The average molecular weight is 310 g/mol. The van der Waals surface area contributed by atoms with Gasteiger partial charge in [0.2, 0.25) is 5.79 Å². The Morgan fingerprint density at radius 3 is 2.50 bits per heavy atom. The summed E-state index contributed by atoms with van der Waals surface area (Å²) in [5, 5.41) is 0. The molecule has 1 aliphatic heterocycles. The molecule has 0 N–H and O–H groups in total. The Morgan fingerprint density at radius 2 is 2.05 bits per heavy atom. The van der Waals surface area contributed by atoms with E-state index in [1.165, 1.54) is 0 Å². The van der Waals surface area contributed by atoms with Gasteiger partial charge in [-0.25, -0.2) is 0 Å². The fraction of sp³-hybridized carbons (Fsp3) is 0.778. The fourth-order valence-corrected chi connectivity index (χ4v) is 2.02. The van der Waals surface area contributed by atoms with Crippen LogP contribution in [0.5, 0.6) is 0 Å². The second-order valence-electron chi connectivity index (χ2n) is 5.30. The molecule has 0 saturated carbocycles. The maximum Gasteiger partial charge on any atom is 0.230 e. The van der Waals surface area contributed by atoms with Gasteiger partial charge in [-0.3, -0.25) is 0 Å². The van der Waals surface area contributed by atoms with Gasteiger partial charge in [0.05, 0.1) is 25.4 Å². The maximum absolute atomic E-state index is 5.48. The quantitative estimate of drug-likeness (QED) is 0.510. The van der Waals surface area contributed by atoms with Crippen LogP contribution in [0.4, 0.5) is 0 Å². The Morgan fingerprint density at radius 1 is 1.32 bits per heavy atom. The molecule has 1 heterocycles. The summed E-state index contributed by atoms with van der Waals surface area (Å²) >= 11 is 0. The van der Waals surface area contributed by atoms with Gasteiger partial charge in [-0.05, 0) is 18.8 Å². The molecule has 0 radical (unpaired) electrons. The van der Waals surface area contributed by atoms with Gasteiger partial charge in [0.25, 0.3) is 0 Å². The molecule has 1 fully saturated rings. The van der Waals surface area contributed by atoms with Crippen molar-refractivity contribution < 1.29 is 18.9 Å². The molecule has 4 heteroatoms. The lowest BCUT2D eigenvalue weighted by Crippen LogP contribution is -2.23. The third-order valence-corrected chi connectivity index (χ3v) is 3.24. The summed E-state index contributed by atoms with van der Waals surface area (Å²) in [5.74, 6) is 4.13. The van der Waals surface area contributed by atoms with Crippen LogP contribution in [0.25, 0.3) is 0 Å². The third kappa shape index (κ3) is 9.07. The Hall–Kier alpha value is -1.04. The Balaban J connectivity index is 0.000000401. The standard InChI is InChI=1S/C9H14O2.C9H16O2/c1-4-6-8-7-10-9(3,5-2)11-8;1-4-6-9(10-3)8-11-7-5-2/h2,8H,4,6-7H2,1,3H3;2,9H,4,6-8H2,1,3H3. The van der Waals surface area contributed by atoms with Crippen molar-refractivity contribution >= 4 is 0 Å². The van der Waals surface area contributed by atoms with Crippen molar-refractivity contribution in [2.45, 2.75) is 64.4 Å². The molecule has 1 aliphatic rings. The molecule has 0 spiro atoms. The van der Waals surface area contributed by atoms with E-state index in [9.17, 15) is 0 Å². The monoisotopic (exact) mass is 310 g/mol. The predicted octanol–water partition coefficient (Wildman–Crippen LogP) is 3.00. The first-order chi connectivity index (χ1) is 10.5. The highest BCUT2D eigenvalue weighted by molar-refractivity contribution is 5.02. The molecule has 3 unspecified atom stereocenters. The van der Waals surface area contributed by atoms with Crippen molar-refractivity contribution in [2.75, 3.05) is 26.9 Å². The normalized spacial score (nSPS) is 24.7. The van der Waals surface area contributed by atoms with Gasteiger partial charge in [-0.1, -0.05) is 32.6 Å². The molecular formula is C18H30O4. The number of rotatable bonds is 8. The van der Waals surface area contributed by atoms with Crippen molar-refractivity contribution in [3.63, 3.8) is 0 Å². The number of ether oxygens (including phenoxy) is 4. The number of methoxy groups -OCH3 is 1. The van der Waals surface area contributed by atoms with E-state index in [0.717, 1.165) is 25.7 Å². The van der Waals surface area contributed by atoms with Gasteiger partial charge in [-0.2, -0.15) is 0 Å². The highest BCUT2D eigenvalue weighted by Gasteiger charge is 2.34. The van der Waals surface area contributed by atoms with Crippen LogP contribution in [0.2, 0.25) is 0 Å². The van der Waals surface area contributed by atoms with E-state index in [0.29, 0.717) is 19.8 Å². The molecule has 0 bridgehead atoms. The highest BCUT2D eigenvalue weighted by atomic mass is 16.7. The predicted molar refractivity (Wildman–Crippen MR) is 88.3 cm³/mol. The van der Waals surface area contributed by atoms with Crippen LogP contribution in [0, 0.1) is 24.7 Å². The Kier molecular flexibility index (Phi) is 11.9. The zero-order chi connectivity index (χ0) is 16.8. The molecule has 1 rings (SSSR count). The van der Waals surface area contributed by atoms with Crippen molar-refractivity contribution in [2.24, 2.45) is 0 Å². The zero-order valence-corrected chi connectivity index (χ0v) is 14.4. The van der Waals surface area contributed by atoms with Crippen LogP contribution >= 0.6 is 0 Å². The van der Waals surface area contributed by atoms with Crippen molar-refractivity contribution in [1.82, 2.24) is 0 Å². The minimum absolute atomic E-state index is 0.195. The maximum atomic E-state index is 5.48. The summed E-state index contributed by atoms with van der Waals surface area (Å²) in [6.45, 7) is 7.64. The fourth-order valence-electron chi connectivity index (χ4n) is 2.02. The molecule has 0 aromatic carbocycles. The van der Waals surface area contributed by atoms with E-state index in [4.69, 9.17) is 31.8 Å². The molecule has 0 aromatic rings. The lowest BCUT2D eigenvalue weighted by atomic mass is 10.2. The highest BCUT2D eigenvalue weighted by Crippen LogP contribution is 2.24. The van der Waals surface area contributed by atoms with E-state index >= 15 is 0 Å². The number of hydrogen-bond donors (Lipinski definition) is 0. The smallest absolute Gasteiger partial charge is 0.230 e. The summed E-state index contributed by atoms with van der Waals surface area (Å²) in [5.41, 5.74) is 0. The Bertz CT molecular complexity index is 355. The van der Waals surface area contributed by atoms with Crippen molar-refractivity contribution in [3.05, 3.63) is 0 Å². The van der Waals surface area contributed by atoms with E-state index < -0.39 is 5.79 Å². The molecule has 126 valence electrons. The number of terminal acetylenes is 2. The van der Waals surface area contributed by atoms with Crippen LogP contribution in [-0.2, 0) is 18.9 Å². The van der Waals surface area contributed by atoms with Gasteiger partial charge in [-0.15, -0.1) is 12.8 Å². The first-order valence-corrected chi connectivity index (χ1v) is 7.88. The molecule has 22 heavy (non-hydrogen) atoms. The molecule has 0 aromatic heterocycles. The molecule has 3 atom stereocenters. The summed E-state index contributed by atoms with van der Waals surface area (Å²) in [6, 6.07) is 0. The molecule has 0 amide bonds. The first kappa shape index (κ1) is 21.0. The van der Waals surface area contributed by atoms with Gasteiger partial charge in [0, 0.05) is 14.0 Å². The Labute approximate surface area is 135 Å². The molecule has 4 nitrogen and oxygen atoms in total. The van der Waals surface area contributed by atoms with Crippen LogP contribution in [0.3, 0.4) is 0 Å². The lowest BCUT2D eigenvalue weighted by Gasteiger charge is -2.15. The average Bonchev–Trinajstić information content (AvgIpc) is 2.90. The topological polar surface area (TPSA) is 36.9 Å². The summed E-state index contributed by atoms with van der Waals surface area (Å²) in [7, 11) is 1.69. The minimum atomic E-state index is -0.764. The zero-order valence-electron chi connectivity index (χ0n) is 14.4. The van der Waals surface area contributed by atoms with Gasteiger partial charge in [0.1, 0.15) is 6.61 Å². The molecule has 0 aliphatic carbocycles. The molecule has 1 saturated heterocycles. The van der Waals surface area contributed by atoms with Crippen molar-refractivity contribution in [3.8, 4) is 24.7 Å². The minimum Gasteiger partial charge on any atom is -0.379 e. The van der Waals surface area contributed by atoms with Crippen LogP contribution in [-0.4, -0.2) is 44.9 Å². The van der Waals surface area contributed by atoms with Crippen molar-refractivity contribution in [1.29, 1.82) is 0 Å². The first-order valence-electron chi connectivity index (χ1n) is 7.88. The van der Waals surface area contributed by atoms with Crippen LogP contribution < -0.4 is 0 Å². The largest absolute Gasteiger partial charge is 0.379 e. The lowest BCUT2D eigenvalue weighted by molar-refractivity contribution is -0.106. The van der Waals surface area contributed by atoms with E-state index in [-0.39, 0.29) is 12.2 Å². The summed E-state index contributed by atoms with van der Waals surface area (Å²) < 4.78 is 21.0. The van der Waals surface area contributed by atoms with Gasteiger partial charge in [0.15, 0.2) is 0 Å². The van der Waals surface area contributed by atoms with Crippen LogP contribution in [0.15, 0.2) is 0 Å². The molecular weight excluding hydrogens is 280 g/mol. The third-order valence-electron chi connectivity index (χ3n) is 3.24. The van der Waals surface area contributed by atoms with E-state index in [2.05, 4.69) is 25.7 Å². The SMILES string of the molecule is C#CC1(C)OCC(CCC)O1.C#CCOCC(CCC)OC. The second kappa shape index (κ2) is 12.5. The van der Waals surface area contributed by atoms with Gasteiger partial charge >= 0.3 is 0 Å². The van der Waals surface area contributed by atoms with E-state index in [1.54, 1.807) is 14.0 Å². The summed E-state index contributed by atoms with van der Waals surface area (Å²) in [4.78, 5) is 0. The van der Waals surface area contributed by atoms with E-state index in [1.807, 2.05) is 0 Å². The van der Waals surface area contributed by atoms with Gasteiger partial charge < -0.3 is 18.9 Å². The second-order valence-corrected chi connectivity index (χ2v) is 5.30.